The van der Waals surface area contributed by atoms with E-state index in [4.69, 9.17) is 4.98 Å². The van der Waals surface area contributed by atoms with Crippen molar-refractivity contribution in [3.05, 3.63) is 84.6 Å². The van der Waals surface area contributed by atoms with E-state index in [1.807, 2.05) is 6.20 Å². The lowest BCUT2D eigenvalue weighted by atomic mass is 9.88. The number of benzene rings is 3. The van der Waals surface area contributed by atoms with E-state index in [0.29, 0.717) is 0 Å². The molecule has 0 unspecified atom stereocenters. The number of pyridine rings is 1. The highest BCUT2D eigenvalue weighted by molar-refractivity contribution is 6.23. The number of aromatic nitrogens is 2. The van der Waals surface area contributed by atoms with Crippen LogP contribution in [0.5, 0.6) is 0 Å². The molecule has 0 spiro atoms. The van der Waals surface area contributed by atoms with Gasteiger partial charge in [0.25, 0.3) is 0 Å². The maximum atomic E-state index is 4.70. The van der Waals surface area contributed by atoms with Gasteiger partial charge in [0.05, 0.1) is 22.2 Å². The van der Waals surface area contributed by atoms with Gasteiger partial charge in [-0.25, -0.2) is 0 Å². The Hall–Kier alpha value is -3.39. The van der Waals surface area contributed by atoms with E-state index in [0.717, 1.165) is 12.1 Å². The van der Waals surface area contributed by atoms with Gasteiger partial charge in [-0.15, -0.1) is 0 Å². The van der Waals surface area contributed by atoms with Crippen LogP contribution in [0, 0.1) is 5.41 Å². The first-order valence-electron chi connectivity index (χ1n) is 10.6. The monoisotopic (exact) mass is 388 g/mol. The van der Waals surface area contributed by atoms with Crippen LogP contribution in [-0.4, -0.2) is 9.38 Å². The van der Waals surface area contributed by atoms with Crippen molar-refractivity contribution in [3.8, 4) is 11.3 Å². The minimum atomic E-state index is 0.258. The van der Waals surface area contributed by atoms with Crippen LogP contribution in [0.3, 0.4) is 0 Å². The van der Waals surface area contributed by atoms with E-state index in [1.165, 1.54) is 49.2 Å². The SMILES string of the molecule is CC(C)(C)Cc1ccnc(-c2ccc3c4cccc5c6ccccc6n(c3c2)c54)c1. The number of fused-ring (bicyclic) bond motifs is 6. The van der Waals surface area contributed by atoms with Crippen LogP contribution in [0.25, 0.3) is 49.4 Å². The fourth-order valence-electron chi connectivity index (χ4n) is 4.94. The van der Waals surface area contributed by atoms with Gasteiger partial charge in [0.1, 0.15) is 0 Å². The van der Waals surface area contributed by atoms with Gasteiger partial charge >= 0.3 is 0 Å². The van der Waals surface area contributed by atoms with Crippen LogP contribution in [0.15, 0.2) is 79.0 Å². The normalized spacial score (nSPS) is 12.6. The molecule has 0 aliphatic heterocycles. The summed E-state index contributed by atoms with van der Waals surface area (Å²) in [6.45, 7) is 6.84. The summed E-state index contributed by atoms with van der Waals surface area (Å²) in [6.07, 6.45) is 2.99. The quantitative estimate of drug-likeness (QED) is 0.300. The molecule has 0 radical (unpaired) electrons. The van der Waals surface area contributed by atoms with Gasteiger partial charge in [-0.2, -0.15) is 0 Å². The Morgan fingerprint density at radius 2 is 1.47 bits per heavy atom. The molecule has 0 saturated heterocycles. The largest absolute Gasteiger partial charge is 0.308 e. The first kappa shape index (κ1) is 17.5. The molecule has 6 rings (SSSR count). The zero-order chi connectivity index (χ0) is 20.5. The predicted octanol–water partition coefficient (Wildman–Crippen LogP) is 7.49. The summed E-state index contributed by atoms with van der Waals surface area (Å²) >= 11 is 0. The van der Waals surface area contributed by atoms with Gasteiger partial charge in [0.2, 0.25) is 0 Å². The molecule has 0 aliphatic rings. The van der Waals surface area contributed by atoms with Crippen LogP contribution in [0.1, 0.15) is 26.3 Å². The van der Waals surface area contributed by atoms with Gasteiger partial charge in [-0.05, 0) is 41.7 Å². The summed E-state index contributed by atoms with van der Waals surface area (Å²) in [5, 5.41) is 5.26. The van der Waals surface area contributed by atoms with E-state index < -0.39 is 0 Å². The molecule has 2 heteroatoms. The van der Waals surface area contributed by atoms with Gasteiger partial charge in [0.15, 0.2) is 0 Å². The average Bonchev–Trinajstić information content (AvgIpc) is 3.24. The highest BCUT2D eigenvalue weighted by atomic mass is 14.9. The average molecular weight is 389 g/mol. The molecule has 0 saturated carbocycles. The first-order chi connectivity index (χ1) is 14.5. The van der Waals surface area contributed by atoms with E-state index in [1.54, 1.807) is 0 Å². The summed E-state index contributed by atoms with van der Waals surface area (Å²) in [6, 6.07) is 26.5. The van der Waals surface area contributed by atoms with E-state index in [-0.39, 0.29) is 5.41 Å². The van der Waals surface area contributed by atoms with Gasteiger partial charge in [-0.1, -0.05) is 69.3 Å². The third-order valence-electron chi connectivity index (χ3n) is 6.08. The molecule has 0 fully saturated rings. The van der Waals surface area contributed by atoms with E-state index in [2.05, 4.69) is 98.0 Å². The fourth-order valence-corrected chi connectivity index (χ4v) is 4.94. The van der Waals surface area contributed by atoms with E-state index >= 15 is 0 Å². The highest BCUT2D eigenvalue weighted by Gasteiger charge is 2.17. The topological polar surface area (TPSA) is 17.3 Å². The lowest BCUT2D eigenvalue weighted by Crippen LogP contribution is -2.09. The Morgan fingerprint density at radius 3 is 2.27 bits per heavy atom. The van der Waals surface area contributed by atoms with Crippen molar-refractivity contribution in [2.24, 2.45) is 5.41 Å². The smallest absolute Gasteiger partial charge is 0.0705 e. The summed E-state index contributed by atoms with van der Waals surface area (Å²) in [5.74, 6) is 0. The summed E-state index contributed by atoms with van der Waals surface area (Å²) < 4.78 is 2.43. The summed E-state index contributed by atoms with van der Waals surface area (Å²) in [5.41, 5.74) is 7.65. The second kappa shape index (κ2) is 6.06. The molecule has 0 aliphatic carbocycles. The second-order valence-corrected chi connectivity index (χ2v) is 9.57. The molecule has 0 amide bonds. The van der Waals surface area contributed by atoms with E-state index in [9.17, 15) is 0 Å². The molecule has 0 N–H and O–H groups in total. The Balaban J connectivity index is 1.63. The molecule has 146 valence electrons. The number of para-hydroxylation sites is 2. The van der Waals surface area contributed by atoms with Crippen LogP contribution in [0.2, 0.25) is 0 Å². The molecular formula is C28H24N2. The maximum Gasteiger partial charge on any atom is 0.0705 e. The number of hydrogen-bond acceptors (Lipinski definition) is 1. The summed E-state index contributed by atoms with van der Waals surface area (Å²) in [4.78, 5) is 4.70. The highest BCUT2D eigenvalue weighted by Crippen LogP contribution is 2.39. The molecule has 3 heterocycles. The molecule has 0 atom stereocenters. The Kier molecular flexibility index (Phi) is 3.53. The molecule has 2 nitrogen and oxygen atoms in total. The molecule has 3 aromatic heterocycles. The second-order valence-electron chi connectivity index (χ2n) is 9.57. The van der Waals surface area contributed by atoms with Crippen LogP contribution in [-0.2, 0) is 6.42 Å². The third-order valence-corrected chi connectivity index (χ3v) is 6.08. The number of hydrogen-bond donors (Lipinski definition) is 0. The molecule has 0 bridgehead atoms. The van der Waals surface area contributed by atoms with Crippen molar-refractivity contribution in [3.63, 3.8) is 0 Å². The maximum absolute atomic E-state index is 4.70. The third kappa shape index (κ3) is 2.53. The minimum absolute atomic E-state index is 0.258. The van der Waals surface area contributed by atoms with Crippen molar-refractivity contribution in [1.29, 1.82) is 0 Å². The van der Waals surface area contributed by atoms with Crippen molar-refractivity contribution >= 4 is 38.1 Å². The number of nitrogens with zero attached hydrogens (tertiary/aromatic N) is 2. The van der Waals surface area contributed by atoms with Crippen LogP contribution >= 0.6 is 0 Å². The first-order valence-corrected chi connectivity index (χ1v) is 10.6. The Morgan fingerprint density at radius 1 is 0.733 bits per heavy atom. The van der Waals surface area contributed by atoms with Gasteiger partial charge in [0, 0.05) is 33.3 Å². The Labute approximate surface area is 176 Å². The zero-order valence-corrected chi connectivity index (χ0v) is 17.6. The van der Waals surface area contributed by atoms with Crippen molar-refractivity contribution in [1.82, 2.24) is 9.38 Å². The zero-order valence-electron chi connectivity index (χ0n) is 17.6. The van der Waals surface area contributed by atoms with Crippen LogP contribution < -0.4 is 0 Å². The fraction of sp³-hybridized carbons (Fsp3) is 0.179. The molecule has 6 aromatic rings. The van der Waals surface area contributed by atoms with Crippen LogP contribution in [0.4, 0.5) is 0 Å². The lowest BCUT2D eigenvalue weighted by Gasteiger charge is -2.18. The Bertz CT molecular complexity index is 1550. The van der Waals surface area contributed by atoms with Gasteiger partial charge < -0.3 is 4.40 Å². The standard InChI is InChI=1S/C28H24N2/c1-28(2,3)17-18-13-14-29-24(15-18)19-11-12-21-23-9-6-8-22-20-7-4-5-10-25(20)30(27(22)23)26(21)16-19/h4-16H,17H2,1-3H3. The molecule has 30 heavy (non-hydrogen) atoms. The lowest BCUT2D eigenvalue weighted by molar-refractivity contribution is 0.411. The minimum Gasteiger partial charge on any atom is -0.308 e. The van der Waals surface area contributed by atoms with Gasteiger partial charge in [-0.3, -0.25) is 4.98 Å². The predicted molar refractivity (Wildman–Crippen MR) is 127 cm³/mol. The number of rotatable bonds is 2. The summed E-state index contributed by atoms with van der Waals surface area (Å²) in [7, 11) is 0. The molecular weight excluding hydrogens is 364 g/mol. The van der Waals surface area contributed by atoms with Crippen molar-refractivity contribution < 1.29 is 0 Å². The van der Waals surface area contributed by atoms with Crippen molar-refractivity contribution in [2.45, 2.75) is 27.2 Å². The molecule has 3 aromatic carbocycles. The van der Waals surface area contributed by atoms with Crippen molar-refractivity contribution in [2.75, 3.05) is 0 Å².